The zero-order chi connectivity index (χ0) is 29.3. The summed E-state index contributed by atoms with van der Waals surface area (Å²) < 4.78 is 45.5. The summed E-state index contributed by atoms with van der Waals surface area (Å²) in [5.74, 6) is 0.116. The van der Waals surface area contributed by atoms with Crippen LogP contribution in [0.2, 0.25) is 0 Å². The maximum Gasteiger partial charge on any atom is 0.244 e. The molecule has 0 unspecified atom stereocenters. The summed E-state index contributed by atoms with van der Waals surface area (Å²) in [5, 5.41) is 4.50. The van der Waals surface area contributed by atoms with Crippen LogP contribution in [-0.4, -0.2) is 55.4 Å². The minimum atomic E-state index is -0.620. The van der Waals surface area contributed by atoms with Gasteiger partial charge in [-0.15, -0.1) is 0 Å². The van der Waals surface area contributed by atoms with E-state index in [4.69, 9.17) is 14.2 Å². The van der Waals surface area contributed by atoms with E-state index in [1.807, 2.05) is 0 Å². The molecule has 0 radical (unpaired) electrons. The maximum atomic E-state index is 15.0. The highest BCUT2D eigenvalue weighted by Gasteiger charge is 2.15. The van der Waals surface area contributed by atoms with E-state index >= 15 is 4.39 Å². The molecule has 1 aliphatic rings. The Kier molecular flexibility index (Phi) is 9.55. The molecule has 10 heteroatoms. The van der Waals surface area contributed by atoms with Crippen LogP contribution in [0.15, 0.2) is 72.0 Å². The Balaban J connectivity index is 1.21. The highest BCUT2D eigenvalue weighted by Crippen LogP contribution is 2.37. The summed E-state index contributed by atoms with van der Waals surface area (Å²) in [5.41, 5.74) is 4.08. The van der Waals surface area contributed by atoms with Crippen LogP contribution in [0.25, 0.3) is 10.9 Å². The fourth-order valence-electron chi connectivity index (χ4n) is 4.77. The molecule has 1 aliphatic heterocycles. The monoisotopic (exact) mass is 574 g/mol. The van der Waals surface area contributed by atoms with Crippen LogP contribution in [0, 0.1) is 11.6 Å². The number of hydrogen-bond donors (Lipinski definition) is 1. The molecule has 0 aliphatic carbocycles. The van der Waals surface area contributed by atoms with Crippen LogP contribution in [0.1, 0.15) is 30.4 Å². The van der Waals surface area contributed by atoms with Crippen LogP contribution in [-0.2, 0) is 11.2 Å². The lowest BCUT2D eigenvalue weighted by Crippen LogP contribution is -2.21. The standard InChI is InChI=1S/C32H32F2N4O4/c1-40-30-19-25-27(20-31(30)41-16-4-15-38-13-2-3-14-38)35-12-11-28(25)42-29-10-7-23(17-26(29)34)18-32(39)37-36-21-22-5-8-24(33)9-6-22/h5-12,17,19-21H,2-4,13-16,18H2,1H3,(H,37,39)/b36-21+. The van der Waals surface area contributed by atoms with Gasteiger partial charge in [-0.05, 0) is 79.9 Å². The van der Waals surface area contributed by atoms with Crippen molar-refractivity contribution in [2.45, 2.75) is 25.7 Å². The summed E-state index contributed by atoms with van der Waals surface area (Å²) in [6.07, 6.45) is 6.33. The van der Waals surface area contributed by atoms with E-state index in [0.717, 1.165) is 26.1 Å². The van der Waals surface area contributed by atoms with E-state index in [9.17, 15) is 9.18 Å². The van der Waals surface area contributed by atoms with Crippen molar-refractivity contribution in [3.8, 4) is 23.0 Å². The van der Waals surface area contributed by atoms with Gasteiger partial charge < -0.3 is 19.1 Å². The molecule has 2 heterocycles. The minimum Gasteiger partial charge on any atom is -0.493 e. The Hall–Kier alpha value is -4.57. The van der Waals surface area contributed by atoms with Gasteiger partial charge in [-0.25, -0.2) is 14.2 Å². The lowest BCUT2D eigenvalue weighted by atomic mass is 10.1. The van der Waals surface area contributed by atoms with Crippen LogP contribution < -0.4 is 19.6 Å². The topological polar surface area (TPSA) is 85.3 Å². The van der Waals surface area contributed by atoms with Gasteiger partial charge in [0.1, 0.15) is 11.6 Å². The molecule has 218 valence electrons. The number of aromatic nitrogens is 1. The SMILES string of the molecule is COc1cc2c(Oc3ccc(CC(=O)N/N=C/c4ccc(F)cc4)cc3F)ccnc2cc1OCCCN1CCCC1. The van der Waals surface area contributed by atoms with E-state index in [-0.39, 0.29) is 18.0 Å². The summed E-state index contributed by atoms with van der Waals surface area (Å²) in [6, 6.07) is 15.2. The van der Waals surface area contributed by atoms with Crippen LogP contribution in [0.4, 0.5) is 8.78 Å². The van der Waals surface area contributed by atoms with Crippen molar-refractivity contribution in [1.29, 1.82) is 0 Å². The van der Waals surface area contributed by atoms with E-state index < -0.39 is 11.7 Å². The molecule has 0 spiro atoms. The molecule has 5 rings (SSSR count). The van der Waals surface area contributed by atoms with E-state index in [1.54, 1.807) is 37.6 Å². The summed E-state index contributed by atoms with van der Waals surface area (Å²) in [6.45, 7) is 3.87. The number of hydrogen-bond acceptors (Lipinski definition) is 7. The van der Waals surface area contributed by atoms with Gasteiger partial charge in [0, 0.05) is 24.2 Å². The molecule has 0 saturated carbocycles. The number of hydrazone groups is 1. The molecular formula is C32H32F2N4O4. The molecular weight excluding hydrogens is 542 g/mol. The van der Waals surface area contributed by atoms with Crippen LogP contribution in [0.5, 0.6) is 23.0 Å². The first-order valence-corrected chi connectivity index (χ1v) is 13.8. The second-order valence-electron chi connectivity index (χ2n) is 9.97. The van der Waals surface area contributed by atoms with Crippen LogP contribution in [0.3, 0.4) is 0 Å². The fourth-order valence-corrected chi connectivity index (χ4v) is 4.77. The number of amides is 1. The number of carbonyl (C=O) groups is 1. The normalized spacial score (nSPS) is 13.5. The Morgan fingerprint density at radius 3 is 2.57 bits per heavy atom. The average Bonchev–Trinajstić information content (AvgIpc) is 3.51. The van der Waals surface area contributed by atoms with Gasteiger partial charge >= 0.3 is 0 Å². The predicted octanol–water partition coefficient (Wildman–Crippen LogP) is 5.87. The number of nitrogens with zero attached hydrogens (tertiary/aromatic N) is 3. The number of halogens is 2. The van der Waals surface area contributed by atoms with Gasteiger partial charge in [-0.3, -0.25) is 9.78 Å². The summed E-state index contributed by atoms with van der Waals surface area (Å²) >= 11 is 0. The highest BCUT2D eigenvalue weighted by molar-refractivity contribution is 5.88. The third-order valence-corrected chi connectivity index (χ3v) is 6.92. The quantitative estimate of drug-likeness (QED) is 0.129. The van der Waals surface area contributed by atoms with Gasteiger partial charge in [-0.1, -0.05) is 18.2 Å². The number of methoxy groups -OCH3 is 1. The third kappa shape index (κ3) is 7.58. The first kappa shape index (κ1) is 28.9. The molecule has 0 bridgehead atoms. The number of pyridine rings is 1. The minimum absolute atomic E-state index is 0.00203. The largest absolute Gasteiger partial charge is 0.493 e. The molecule has 0 atom stereocenters. The first-order valence-electron chi connectivity index (χ1n) is 13.8. The lowest BCUT2D eigenvalue weighted by Gasteiger charge is -2.16. The third-order valence-electron chi connectivity index (χ3n) is 6.92. The molecule has 1 fully saturated rings. The fraction of sp³-hybridized carbons (Fsp3) is 0.281. The number of carbonyl (C=O) groups excluding carboxylic acids is 1. The van der Waals surface area contributed by atoms with E-state index in [1.165, 1.54) is 55.5 Å². The average molecular weight is 575 g/mol. The van der Waals surface area contributed by atoms with Crippen molar-refractivity contribution < 1.29 is 27.8 Å². The maximum absolute atomic E-state index is 15.0. The molecule has 3 aromatic carbocycles. The first-order chi connectivity index (χ1) is 20.5. The van der Waals surface area contributed by atoms with Crippen molar-refractivity contribution in [2.75, 3.05) is 33.4 Å². The smallest absolute Gasteiger partial charge is 0.244 e. The molecule has 1 aromatic heterocycles. The second-order valence-corrected chi connectivity index (χ2v) is 9.97. The number of fused-ring (bicyclic) bond motifs is 1. The molecule has 1 amide bonds. The number of ether oxygens (including phenoxy) is 3. The summed E-state index contributed by atoms with van der Waals surface area (Å²) in [4.78, 5) is 19.1. The molecule has 42 heavy (non-hydrogen) atoms. The number of rotatable bonds is 12. The predicted molar refractivity (Wildman–Crippen MR) is 156 cm³/mol. The number of nitrogens with one attached hydrogen (secondary N) is 1. The zero-order valence-electron chi connectivity index (χ0n) is 23.3. The second kappa shape index (κ2) is 13.9. The van der Waals surface area contributed by atoms with Crippen LogP contribution >= 0.6 is 0 Å². The summed E-state index contributed by atoms with van der Waals surface area (Å²) in [7, 11) is 1.57. The van der Waals surface area contributed by atoms with E-state index in [2.05, 4.69) is 20.4 Å². The van der Waals surface area contributed by atoms with Crippen molar-refractivity contribution in [3.05, 3.63) is 89.6 Å². The lowest BCUT2D eigenvalue weighted by molar-refractivity contribution is -0.120. The molecule has 4 aromatic rings. The van der Waals surface area contributed by atoms with Gasteiger partial charge in [-0.2, -0.15) is 5.10 Å². The van der Waals surface area contributed by atoms with Crippen molar-refractivity contribution in [3.63, 3.8) is 0 Å². The Morgan fingerprint density at radius 1 is 1.00 bits per heavy atom. The Labute approximate surface area is 242 Å². The zero-order valence-corrected chi connectivity index (χ0v) is 23.3. The van der Waals surface area contributed by atoms with Gasteiger partial charge in [0.2, 0.25) is 5.91 Å². The Morgan fingerprint density at radius 2 is 1.81 bits per heavy atom. The number of likely N-dealkylation sites (tertiary alicyclic amines) is 1. The van der Waals surface area contributed by atoms with Crippen molar-refractivity contribution in [2.24, 2.45) is 5.10 Å². The van der Waals surface area contributed by atoms with Gasteiger partial charge in [0.15, 0.2) is 23.1 Å². The highest BCUT2D eigenvalue weighted by atomic mass is 19.1. The molecule has 1 saturated heterocycles. The number of benzene rings is 3. The van der Waals surface area contributed by atoms with Crippen molar-refractivity contribution >= 4 is 23.0 Å². The molecule has 1 N–H and O–H groups in total. The van der Waals surface area contributed by atoms with E-state index in [0.29, 0.717) is 45.9 Å². The van der Waals surface area contributed by atoms with Gasteiger partial charge in [0.05, 0.1) is 31.9 Å². The van der Waals surface area contributed by atoms with Crippen molar-refractivity contribution in [1.82, 2.24) is 15.3 Å². The Bertz CT molecular complexity index is 1560. The molecule has 8 nitrogen and oxygen atoms in total. The van der Waals surface area contributed by atoms with Gasteiger partial charge in [0.25, 0.3) is 0 Å².